The Morgan fingerprint density at radius 2 is 1.95 bits per heavy atom. The van der Waals surface area contributed by atoms with Crippen molar-refractivity contribution in [3.63, 3.8) is 0 Å². The molecule has 0 fully saturated rings. The van der Waals surface area contributed by atoms with Gasteiger partial charge in [-0.1, -0.05) is 0 Å². The molecule has 0 unspecified atom stereocenters. The maximum Gasteiger partial charge on any atom is 0.273 e. The van der Waals surface area contributed by atoms with Gasteiger partial charge in [0.1, 0.15) is 5.69 Å². The van der Waals surface area contributed by atoms with E-state index in [1.807, 2.05) is 39.0 Å². The van der Waals surface area contributed by atoms with Gasteiger partial charge in [-0.15, -0.1) is 0 Å². The van der Waals surface area contributed by atoms with Crippen molar-refractivity contribution in [2.45, 2.75) is 20.8 Å². The van der Waals surface area contributed by atoms with Crippen molar-refractivity contribution in [2.24, 2.45) is 0 Å². The predicted octanol–water partition coefficient (Wildman–Crippen LogP) is 2.61. The molecule has 0 atom stereocenters. The molecule has 1 amide bonds. The quantitative estimate of drug-likeness (QED) is 0.860. The van der Waals surface area contributed by atoms with Crippen LogP contribution in [0.25, 0.3) is 10.8 Å². The smallest absolute Gasteiger partial charge is 0.273 e. The molecule has 0 aliphatic heterocycles. The summed E-state index contributed by atoms with van der Waals surface area (Å²) in [6, 6.07) is 5.73. The van der Waals surface area contributed by atoms with Crippen LogP contribution in [0.1, 0.15) is 29.9 Å². The maximum absolute atomic E-state index is 12.5. The fraction of sp³-hybridized carbons (Fsp3) is 0.333. The molecule has 0 saturated carbocycles. The predicted molar refractivity (Wildman–Crippen MR) is 78.1 cm³/mol. The van der Waals surface area contributed by atoms with Crippen LogP contribution in [0, 0.1) is 6.92 Å². The summed E-state index contributed by atoms with van der Waals surface area (Å²) in [5, 5.41) is 1.72. The van der Waals surface area contributed by atoms with Crippen LogP contribution >= 0.6 is 0 Å². The number of pyridine rings is 1. The number of aromatic nitrogens is 1. The van der Waals surface area contributed by atoms with Gasteiger partial charge in [-0.3, -0.25) is 9.78 Å². The van der Waals surface area contributed by atoms with E-state index in [2.05, 4.69) is 4.98 Å². The van der Waals surface area contributed by atoms with Crippen LogP contribution in [-0.2, 0) is 0 Å². The third kappa shape index (κ3) is 2.38. The standard InChI is InChI=1S/C15H19N3O/c1-4-18(5-2)15(19)14-12-8-10(3)9-13(16)11(12)6-7-17-14/h6-9H,4-5,16H2,1-3H3. The number of hydrogen-bond acceptors (Lipinski definition) is 3. The first-order valence-corrected chi connectivity index (χ1v) is 6.52. The Labute approximate surface area is 113 Å². The number of nitrogens with zero attached hydrogens (tertiary/aromatic N) is 2. The van der Waals surface area contributed by atoms with Gasteiger partial charge in [0, 0.05) is 35.7 Å². The molecule has 100 valence electrons. The topological polar surface area (TPSA) is 59.2 Å². The number of aryl methyl sites for hydroxylation is 1. The second-order valence-corrected chi connectivity index (χ2v) is 4.59. The fourth-order valence-electron chi connectivity index (χ4n) is 2.29. The first-order valence-electron chi connectivity index (χ1n) is 6.52. The highest BCUT2D eigenvalue weighted by Gasteiger charge is 2.17. The number of nitrogens with two attached hydrogens (primary N) is 1. The maximum atomic E-state index is 12.5. The van der Waals surface area contributed by atoms with E-state index >= 15 is 0 Å². The molecule has 2 N–H and O–H groups in total. The van der Waals surface area contributed by atoms with E-state index in [0.717, 1.165) is 16.3 Å². The van der Waals surface area contributed by atoms with E-state index in [1.54, 1.807) is 11.1 Å². The van der Waals surface area contributed by atoms with Gasteiger partial charge in [0.05, 0.1) is 0 Å². The van der Waals surface area contributed by atoms with E-state index in [9.17, 15) is 4.79 Å². The van der Waals surface area contributed by atoms with E-state index in [0.29, 0.717) is 24.5 Å². The largest absolute Gasteiger partial charge is 0.398 e. The lowest BCUT2D eigenvalue weighted by Gasteiger charge is -2.19. The lowest BCUT2D eigenvalue weighted by Crippen LogP contribution is -2.31. The van der Waals surface area contributed by atoms with E-state index in [1.165, 1.54) is 0 Å². The molecule has 1 heterocycles. The number of carbonyl (C=O) groups excluding carboxylic acids is 1. The lowest BCUT2D eigenvalue weighted by molar-refractivity contribution is 0.0769. The van der Waals surface area contributed by atoms with Crippen LogP contribution in [0.5, 0.6) is 0 Å². The molecular weight excluding hydrogens is 238 g/mol. The summed E-state index contributed by atoms with van der Waals surface area (Å²) in [4.78, 5) is 18.5. The SMILES string of the molecule is CCN(CC)C(=O)c1nccc2c(N)cc(C)cc12. The minimum Gasteiger partial charge on any atom is -0.398 e. The van der Waals surface area contributed by atoms with Crippen LogP contribution in [0.15, 0.2) is 24.4 Å². The van der Waals surface area contributed by atoms with Crippen molar-refractivity contribution < 1.29 is 4.79 Å². The molecule has 4 nitrogen and oxygen atoms in total. The Bertz CT molecular complexity index is 618. The van der Waals surface area contributed by atoms with Crippen LogP contribution < -0.4 is 5.73 Å². The average Bonchev–Trinajstić information content (AvgIpc) is 2.39. The van der Waals surface area contributed by atoms with Crippen molar-refractivity contribution in [3.05, 3.63) is 35.7 Å². The summed E-state index contributed by atoms with van der Waals surface area (Å²) in [7, 11) is 0. The zero-order valence-corrected chi connectivity index (χ0v) is 11.6. The van der Waals surface area contributed by atoms with Gasteiger partial charge in [-0.2, -0.15) is 0 Å². The van der Waals surface area contributed by atoms with Gasteiger partial charge in [-0.25, -0.2) is 0 Å². The van der Waals surface area contributed by atoms with Crippen molar-refractivity contribution in [1.29, 1.82) is 0 Å². The molecular formula is C15H19N3O. The summed E-state index contributed by atoms with van der Waals surface area (Å²) in [5.41, 5.74) is 8.22. The van der Waals surface area contributed by atoms with Crippen molar-refractivity contribution >= 4 is 22.4 Å². The Morgan fingerprint density at radius 3 is 2.58 bits per heavy atom. The normalized spacial score (nSPS) is 10.7. The number of fused-ring (bicyclic) bond motifs is 1. The molecule has 4 heteroatoms. The van der Waals surface area contributed by atoms with Gasteiger partial charge in [0.15, 0.2) is 0 Å². The zero-order chi connectivity index (χ0) is 14.0. The Kier molecular flexibility index (Phi) is 3.69. The summed E-state index contributed by atoms with van der Waals surface area (Å²) < 4.78 is 0. The molecule has 0 aliphatic carbocycles. The molecule has 19 heavy (non-hydrogen) atoms. The Morgan fingerprint density at radius 1 is 1.26 bits per heavy atom. The fourth-order valence-corrected chi connectivity index (χ4v) is 2.29. The minimum absolute atomic E-state index is 0.0411. The highest BCUT2D eigenvalue weighted by molar-refractivity contribution is 6.08. The Balaban J connectivity index is 2.64. The first-order chi connectivity index (χ1) is 9.08. The zero-order valence-electron chi connectivity index (χ0n) is 11.6. The average molecular weight is 257 g/mol. The first kappa shape index (κ1) is 13.3. The third-order valence-electron chi connectivity index (χ3n) is 3.31. The minimum atomic E-state index is -0.0411. The summed E-state index contributed by atoms with van der Waals surface area (Å²) in [6.45, 7) is 7.25. The van der Waals surface area contributed by atoms with Gasteiger partial charge in [0.2, 0.25) is 0 Å². The van der Waals surface area contributed by atoms with E-state index < -0.39 is 0 Å². The molecule has 0 saturated heterocycles. The molecule has 0 aliphatic rings. The summed E-state index contributed by atoms with van der Waals surface area (Å²) in [6.07, 6.45) is 1.64. The number of nitrogen functional groups attached to an aromatic ring is 1. The highest BCUT2D eigenvalue weighted by atomic mass is 16.2. The second-order valence-electron chi connectivity index (χ2n) is 4.59. The molecule has 0 bridgehead atoms. The Hall–Kier alpha value is -2.10. The lowest BCUT2D eigenvalue weighted by atomic mass is 10.0. The van der Waals surface area contributed by atoms with Crippen LogP contribution in [0.3, 0.4) is 0 Å². The number of anilines is 1. The van der Waals surface area contributed by atoms with Crippen molar-refractivity contribution in [2.75, 3.05) is 18.8 Å². The summed E-state index contributed by atoms with van der Waals surface area (Å²) >= 11 is 0. The second kappa shape index (κ2) is 5.26. The van der Waals surface area contributed by atoms with Crippen molar-refractivity contribution in [1.82, 2.24) is 9.88 Å². The molecule has 0 radical (unpaired) electrons. The number of rotatable bonds is 3. The highest BCUT2D eigenvalue weighted by Crippen LogP contribution is 2.25. The molecule has 2 rings (SSSR count). The van der Waals surface area contributed by atoms with Crippen LogP contribution in [0.2, 0.25) is 0 Å². The third-order valence-corrected chi connectivity index (χ3v) is 3.31. The monoisotopic (exact) mass is 257 g/mol. The van der Waals surface area contributed by atoms with E-state index in [4.69, 9.17) is 5.73 Å². The van der Waals surface area contributed by atoms with Gasteiger partial charge in [0.25, 0.3) is 5.91 Å². The van der Waals surface area contributed by atoms with E-state index in [-0.39, 0.29) is 5.91 Å². The molecule has 1 aromatic carbocycles. The van der Waals surface area contributed by atoms with Crippen molar-refractivity contribution in [3.8, 4) is 0 Å². The number of amides is 1. The molecule has 2 aromatic rings. The summed E-state index contributed by atoms with van der Waals surface area (Å²) in [5.74, 6) is -0.0411. The number of hydrogen-bond donors (Lipinski definition) is 1. The van der Waals surface area contributed by atoms with Crippen LogP contribution in [-0.4, -0.2) is 28.9 Å². The number of carbonyl (C=O) groups is 1. The van der Waals surface area contributed by atoms with Crippen LogP contribution in [0.4, 0.5) is 5.69 Å². The molecule has 0 spiro atoms. The van der Waals surface area contributed by atoms with Gasteiger partial charge in [-0.05, 0) is 44.5 Å². The number of benzene rings is 1. The molecule has 1 aromatic heterocycles. The van der Waals surface area contributed by atoms with Gasteiger partial charge >= 0.3 is 0 Å². The van der Waals surface area contributed by atoms with Gasteiger partial charge < -0.3 is 10.6 Å².